The van der Waals surface area contributed by atoms with Crippen molar-refractivity contribution in [2.24, 2.45) is 11.7 Å². The zero-order chi connectivity index (χ0) is 7.44. The Hall–Kier alpha value is 1.48. The van der Waals surface area contributed by atoms with E-state index >= 15 is 0 Å². The third kappa shape index (κ3) is 5.17. The molecule has 2 atom stereocenters. The van der Waals surface area contributed by atoms with E-state index < -0.39 is 12.0 Å². The summed E-state index contributed by atoms with van der Waals surface area (Å²) in [6, 6.07) is -0.699. The standard InChI is InChI=1S/C6H13NO2.Cs/c1-3-4(2)5(7)6(8)9;/h4-5H,3,7H2,1-2H3,(H,8,9);/t4-,5-;/m0./s1. The largest absolute Gasteiger partial charge is 0.480 e. The van der Waals surface area contributed by atoms with E-state index in [1.54, 1.807) is 0 Å². The second-order valence-electron chi connectivity index (χ2n) is 2.25. The Morgan fingerprint density at radius 2 is 2.10 bits per heavy atom. The van der Waals surface area contributed by atoms with Crippen LogP contribution in [0, 0.1) is 5.92 Å². The summed E-state index contributed by atoms with van der Waals surface area (Å²) in [6.07, 6.45) is 0.813. The molecule has 0 spiro atoms. The van der Waals surface area contributed by atoms with Gasteiger partial charge in [0.05, 0.1) is 0 Å². The van der Waals surface area contributed by atoms with Gasteiger partial charge < -0.3 is 10.8 Å². The molecule has 0 fully saturated rings. The molecule has 55 valence electrons. The number of rotatable bonds is 3. The molecule has 0 heterocycles. The van der Waals surface area contributed by atoms with Crippen LogP contribution in [-0.2, 0) is 4.79 Å². The number of nitrogens with two attached hydrogens (primary N) is 1. The van der Waals surface area contributed by atoms with Crippen molar-refractivity contribution in [1.82, 2.24) is 0 Å². The molecule has 0 aliphatic rings. The summed E-state index contributed by atoms with van der Waals surface area (Å²) in [4.78, 5) is 10.2. The Bertz CT molecular complexity index is 108. The first kappa shape index (κ1) is 14.0. The SMILES string of the molecule is CC[C@H](C)[C@H](N)C(=O)O.[Cs]. The summed E-state index contributed by atoms with van der Waals surface area (Å²) < 4.78 is 0. The van der Waals surface area contributed by atoms with E-state index in [2.05, 4.69) is 0 Å². The molecule has 0 amide bonds. The first-order valence-corrected chi connectivity index (χ1v) is 3.08. The van der Waals surface area contributed by atoms with E-state index in [-0.39, 0.29) is 74.8 Å². The predicted molar refractivity (Wildman–Crippen MR) is 40.8 cm³/mol. The zero-order valence-corrected chi connectivity index (χ0v) is 13.1. The molecule has 4 heteroatoms. The Morgan fingerprint density at radius 1 is 1.70 bits per heavy atom. The average molecular weight is 264 g/mol. The van der Waals surface area contributed by atoms with Crippen LogP contribution in [0.25, 0.3) is 0 Å². The smallest absolute Gasteiger partial charge is 0.320 e. The van der Waals surface area contributed by atoms with E-state index in [1.807, 2.05) is 13.8 Å². The molecular weight excluding hydrogens is 251 g/mol. The van der Waals surface area contributed by atoms with Gasteiger partial charge in [0.15, 0.2) is 0 Å². The molecule has 0 aromatic carbocycles. The van der Waals surface area contributed by atoms with E-state index in [1.165, 1.54) is 0 Å². The van der Waals surface area contributed by atoms with Crippen molar-refractivity contribution < 1.29 is 9.90 Å². The van der Waals surface area contributed by atoms with Gasteiger partial charge in [0, 0.05) is 68.9 Å². The van der Waals surface area contributed by atoms with E-state index in [0.717, 1.165) is 6.42 Å². The topological polar surface area (TPSA) is 63.3 Å². The number of carbonyl (C=O) groups is 1. The monoisotopic (exact) mass is 264 g/mol. The molecule has 1 radical (unpaired) electrons. The normalized spacial score (nSPS) is 15.1. The van der Waals surface area contributed by atoms with Gasteiger partial charge in [-0.3, -0.25) is 4.79 Å². The molecule has 0 bridgehead atoms. The Labute approximate surface area is 120 Å². The van der Waals surface area contributed by atoms with Gasteiger partial charge in [0.1, 0.15) is 6.04 Å². The van der Waals surface area contributed by atoms with Crippen molar-refractivity contribution in [1.29, 1.82) is 0 Å². The van der Waals surface area contributed by atoms with Crippen molar-refractivity contribution in [2.45, 2.75) is 26.3 Å². The van der Waals surface area contributed by atoms with Gasteiger partial charge in [-0.2, -0.15) is 0 Å². The first-order chi connectivity index (χ1) is 4.09. The number of carboxylic acids is 1. The summed E-state index contributed by atoms with van der Waals surface area (Å²) in [7, 11) is 0. The number of carboxylic acid groups (broad SMARTS) is 1. The maximum atomic E-state index is 10.2. The van der Waals surface area contributed by atoms with Gasteiger partial charge >= 0.3 is 5.97 Å². The Morgan fingerprint density at radius 3 is 2.20 bits per heavy atom. The molecule has 10 heavy (non-hydrogen) atoms. The van der Waals surface area contributed by atoms with Crippen molar-refractivity contribution in [3.63, 3.8) is 0 Å². The molecule has 0 aromatic rings. The van der Waals surface area contributed by atoms with Gasteiger partial charge in [0.2, 0.25) is 0 Å². The summed E-state index contributed by atoms with van der Waals surface area (Å²) in [5, 5.41) is 8.36. The van der Waals surface area contributed by atoms with Crippen molar-refractivity contribution >= 4 is 74.9 Å². The molecule has 0 saturated carbocycles. The summed E-state index contributed by atoms with van der Waals surface area (Å²) >= 11 is 0. The van der Waals surface area contributed by atoms with Crippen LogP contribution in [0.5, 0.6) is 0 Å². The summed E-state index contributed by atoms with van der Waals surface area (Å²) in [5.41, 5.74) is 5.27. The van der Waals surface area contributed by atoms with Gasteiger partial charge in [-0.25, -0.2) is 0 Å². The van der Waals surface area contributed by atoms with Gasteiger partial charge in [-0.15, -0.1) is 0 Å². The summed E-state index contributed by atoms with van der Waals surface area (Å²) in [6.45, 7) is 3.76. The average Bonchev–Trinajstić information content (AvgIpc) is 1.84. The van der Waals surface area contributed by atoms with Gasteiger partial charge in [0.25, 0.3) is 0 Å². The molecule has 0 aliphatic heterocycles. The second kappa shape index (κ2) is 7.15. The zero-order valence-electron chi connectivity index (χ0n) is 6.79. The second-order valence-corrected chi connectivity index (χ2v) is 2.25. The third-order valence-corrected chi connectivity index (χ3v) is 1.54. The number of hydrogen-bond acceptors (Lipinski definition) is 2. The van der Waals surface area contributed by atoms with Gasteiger partial charge in [-0.05, 0) is 5.92 Å². The van der Waals surface area contributed by atoms with Crippen LogP contribution in [0.3, 0.4) is 0 Å². The van der Waals surface area contributed by atoms with Crippen LogP contribution in [0.15, 0.2) is 0 Å². The first-order valence-electron chi connectivity index (χ1n) is 3.08. The fraction of sp³-hybridized carbons (Fsp3) is 0.833. The number of hydrogen-bond donors (Lipinski definition) is 2. The van der Waals surface area contributed by atoms with E-state index in [4.69, 9.17) is 10.8 Å². The molecule has 0 aromatic heterocycles. The fourth-order valence-electron chi connectivity index (χ4n) is 0.497. The minimum absolute atomic E-state index is 0. The molecule has 0 saturated heterocycles. The van der Waals surface area contributed by atoms with Crippen LogP contribution >= 0.6 is 0 Å². The van der Waals surface area contributed by atoms with Crippen molar-refractivity contribution in [3.05, 3.63) is 0 Å². The fourth-order valence-corrected chi connectivity index (χ4v) is 0.497. The van der Waals surface area contributed by atoms with Crippen molar-refractivity contribution in [2.75, 3.05) is 0 Å². The maximum Gasteiger partial charge on any atom is 0.320 e. The van der Waals surface area contributed by atoms with Crippen LogP contribution in [-0.4, -0.2) is 86.0 Å². The molecule has 0 rings (SSSR count). The van der Waals surface area contributed by atoms with Crippen LogP contribution < -0.4 is 5.73 Å². The molecule has 0 unspecified atom stereocenters. The molecule has 0 aliphatic carbocycles. The minimum Gasteiger partial charge on any atom is -0.480 e. The molecule has 3 nitrogen and oxygen atoms in total. The quantitative estimate of drug-likeness (QED) is 0.757. The number of aliphatic carboxylic acids is 1. The predicted octanol–water partition coefficient (Wildman–Crippen LogP) is 0.0636. The maximum absolute atomic E-state index is 10.2. The Balaban J connectivity index is 0. The molecule has 3 N–H and O–H groups in total. The van der Waals surface area contributed by atoms with Crippen molar-refractivity contribution in [3.8, 4) is 0 Å². The third-order valence-electron chi connectivity index (χ3n) is 1.54. The van der Waals surface area contributed by atoms with E-state index in [9.17, 15) is 4.79 Å². The van der Waals surface area contributed by atoms with Gasteiger partial charge in [-0.1, -0.05) is 20.3 Å². The van der Waals surface area contributed by atoms with Crippen LogP contribution in [0.1, 0.15) is 20.3 Å². The Kier molecular flexibility index (Phi) is 10.0. The molecular formula is C6H13CsNO2. The van der Waals surface area contributed by atoms with E-state index in [0.29, 0.717) is 0 Å². The van der Waals surface area contributed by atoms with Crippen LogP contribution in [0.4, 0.5) is 0 Å². The minimum atomic E-state index is -0.913. The summed E-state index contributed by atoms with van der Waals surface area (Å²) in [5.74, 6) is -0.841. The van der Waals surface area contributed by atoms with Crippen LogP contribution in [0.2, 0.25) is 0 Å².